The minimum absolute atomic E-state index is 0.126. The standard InChI is InChI=1S/C17H25N5O3/c1-12-14(19-20-18-12)15(23)21-8-6-17(11-21)5-2-7-22(16(17)24)13-3-9-25-10-4-13/h13H,2-11H2,1H3,(H,18,19,20)/t17-/m1/s1. The second kappa shape index (κ2) is 6.40. The predicted molar refractivity (Wildman–Crippen MR) is 88.9 cm³/mol. The lowest BCUT2D eigenvalue weighted by atomic mass is 9.77. The van der Waals surface area contributed by atoms with Crippen LogP contribution >= 0.6 is 0 Å². The zero-order valence-corrected chi connectivity index (χ0v) is 14.7. The Morgan fingerprint density at radius 1 is 1.24 bits per heavy atom. The number of hydrogen-bond acceptors (Lipinski definition) is 5. The molecule has 136 valence electrons. The van der Waals surface area contributed by atoms with Gasteiger partial charge in [0.25, 0.3) is 5.91 Å². The molecule has 0 aromatic carbocycles. The third kappa shape index (κ3) is 2.82. The van der Waals surface area contributed by atoms with E-state index in [1.165, 1.54) is 0 Å². The first-order chi connectivity index (χ1) is 12.1. The van der Waals surface area contributed by atoms with Gasteiger partial charge in [-0.25, -0.2) is 0 Å². The number of aryl methyl sites for hydroxylation is 1. The summed E-state index contributed by atoms with van der Waals surface area (Å²) in [5.74, 6) is 0.108. The summed E-state index contributed by atoms with van der Waals surface area (Å²) in [6.07, 6.45) is 4.46. The van der Waals surface area contributed by atoms with Crippen molar-refractivity contribution in [3.8, 4) is 0 Å². The largest absolute Gasteiger partial charge is 0.381 e. The number of likely N-dealkylation sites (tertiary alicyclic amines) is 2. The summed E-state index contributed by atoms with van der Waals surface area (Å²) < 4.78 is 5.44. The van der Waals surface area contributed by atoms with Crippen LogP contribution in [0.5, 0.6) is 0 Å². The van der Waals surface area contributed by atoms with Gasteiger partial charge < -0.3 is 14.5 Å². The van der Waals surface area contributed by atoms with E-state index >= 15 is 0 Å². The highest BCUT2D eigenvalue weighted by atomic mass is 16.5. The van der Waals surface area contributed by atoms with Crippen molar-refractivity contribution < 1.29 is 14.3 Å². The average Bonchev–Trinajstić information content (AvgIpc) is 3.25. The van der Waals surface area contributed by atoms with Crippen LogP contribution in [0.25, 0.3) is 0 Å². The second-order valence-corrected chi connectivity index (χ2v) is 7.46. The number of rotatable bonds is 2. The molecule has 1 atom stereocenters. The fourth-order valence-corrected chi connectivity index (χ4v) is 4.51. The Morgan fingerprint density at radius 2 is 2.04 bits per heavy atom. The van der Waals surface area contributed by atoms with Gasteiger partial charge in [0.1, 0.15) is 0 Å². The summed E-state index contributed by atoms with van der Waals surface area (Å²) in [5.41, 5.74) is 0.551. The van der Waals surface area contributed by atoms with Crippen LogP contribution in [-0.4, -0.2) is 75.9 Å². The monoisotopic (exact) mass is 347 g/mol. The normalized spacial score (nSPS) is 28.1. The molecule has 1 aromatic heterocycles. The number of aromatic nitrogens is 3. The van der Waals surface area contributed by atoms with E-state index in [0.717, 1.165) is 51.9 Å². The quantitative estimate of drug-likeness (QED) is 0.852. The molecule has 3 saturated heterocycles. The van der Waals surface area contributed by atoms with Crippen LogP contribution in [0.4, 0.5) is 0 Å². The predicted octanol–water partition coefficient (Wildman–Crippen LogP) is 0.747. The molecule has 3 aliphatic heterocycles. The fourth-order valence-electron chi connectivity index (χ4n) is 4.51. The first kappa shape index (κ1) is 16.5. The van der Waals surface area contributed by atoms with Crippen molar-refractivity contribution in [2.75, 3.05) is 32.8 Å². The molecule has 1 aromatic rings. The first-order valence-electron chi connectivity index (χ1n) is 9.16. The highest BCUT2D eigenvalue weighted by molar-refractivity contribution is 5.94. The summed E-state index contributed by atoms with van der Waals surface area (Å²) in [6, 6.07) is 0.293. The summed E-state index contributed by atoms with van der Waals surface area (Å²) in [4.78, 5) is 29.8. The maximum Gasteiger partial charge on any atom is 0.276 e. The van der Waals surface area contributed by atoms with Gasteiger partial charge in [0.05, 0.1) is 11.1 Å². The van der Waals surface area contributed by atoms with Crippen molar-refractivity contribution in [2.24, 2.45) is 5.41 Å². The lowest BCUT2D eigenvalue weighted by Gasteiger charge is -2.44. The molecule has 1 N–H and O–H groups in total. The Hall–Kier alpha value is -1.96. The van der Waals surface area contributed by atoms with Crippen molar-refractivity contribution >= 4 is 11.8 Å². The molecular weight excluding hydrogens is 322 g/mol. The van der Waals surface area contributed by atoms with Crippen LogP contribution in [0.2, 0.25) is 0 Å². The fraction of sp³-hybridized carbons (Fsp3) is 0.765. The third-order valence-corrected chi connectivity index (χ3v) is 5.97. The highest BCUT2D eigenvalue weighted by Crippen LogP contribution is 2.41. The number of amides is 2. The number of ether oxygens (including phenoxy) is 1. The molecule has 0 radical (unpaired) electrons. The van der Waals surface area contributed by atoms with Gasteiger partial charge in [-0.15, -0.1) is 0 Å². The van der Waals surface area contributed by atoms with Gasteiger partial charge in [0, 0.05) is 38.9 Å². The number of piperidine rings is 1. The Balaban J connectivity index is 1.49. The highest BCUT2D eigenvalue weighted by Gasteiger charge is 2.50. The number of hydrogen-bond donors (Lipinski definition) is 1. The lowest BCUT2D eigenvalue weighted by Crippen LogP contribution is -2.55. The maximum atomic E-state index is 13.3. The van der Waals surface area contributed by atoms with Gasteiger partial charge in [0.2, 0.25) is 5.91 Å². The molecule has 0 bridgehead atoms. The van der Waals surface area contributed by atoms with Crippen LogP contribution in [0.1, 0.15) is 48.3 Å². The number of H-pyrrole nitrogens is 1. The van der Waals surface area contributed by atoms with E-state index < -0.39 is 5.41 Å². The Labute approximate surface area is 146 Å². The van der Waals surface area contributed by atoms with Crippen molar-refractivity contribution in [2.45, 2.75) is 45.1 Å². The number of nitrogens with one attached hydrogen (secondary N) is 1. The summed E-state index contributed by atoms with van der Waals surface area (Å²) >= 11 is 0. The third-order valence-electron chi connectivity index (χ3n) is 5.97. The minimum atomic E-state index is -0.413. The van der Waals surface area contributed by atoms with E-state index in [0.29, 0.717) is 30.5 Å². The molecule has 0 unspecified atom stereocenters. The van der Waals surface area contributed by atoms with Gasteiger partial charge in [-0.1, -0.05) is 0 Å². The Bertz CT molecular complexity index is 669. The van der Waals surface area contributed by atoms with Crippen LogP contribution in [0, 0.1) is 12.3 Å². The van der Waals surface area contributed by atoms with E-state index in [9.17, 15) is 9.59 Å². The van der Waals surface area contributed by atoms with Crippen LogP contribution in [0.15, 0.2) is 0 Å². The molecule has 2 amide bonds. The van der Waals surface area contributed by atoms with E-state index in [2.05, 4.69) is 20.3 Å². The molecule has 1 spiro atoms. The molecule has 25 heavy (non-hydrogen) atoms. The van der Waals surface area contributed by atoms with Gasteiger partial charge in [0.15, 0.2) is 5.69 Å². The summed E-state index contributed by atoms with van der Waals surface area (Å²) in [7, 11) is 0. The lowest BCUT2D eigenvalue weighted by molar-refractivity contribution is -0.150. The van der Waals surface area contributed by atoms with Gasteiger partial charge in [-0.2, -0.15) is 15.4 Å². The average molecular weight is 347 g/mol. The van der Waals surface area contributed by atoms with Crippen molar-refractivity contribution in [3.63, 3.8) is 0 Å². The zero-order valence-electron chi connectivity index (χ0n) is 14.7. The van der Waals surface area contributed by atoms with E-state index in [1.54, 1.807) is 11.8 Å². The van der Waals surface area contributed by atoms with Gasteiger partial charge in [-0.05, 0) is 39.0 Å². The van der Waals surface area contributed by atoms with Gasteiger partial charge >= 0.3 is 0 Å². The summed E-state index contributed by atoms with van der Waals surface area (Å²) in [5, 5.41) is 10.4. The molecule has 0 saturated carbocycles. The molecule has 4 rings (SSSR count). The summed E-state index contributed by atoms with van der Waals surface area (Å²) in [6.45, 7) is 5.17. The molecular formula is C17H25N5O3. The minimum Gasteiger partial charge on any atom is -0.381 e. The number of carbonyl (C=O) groups is 2. The van der Waals surface area contributed by atoms with Gasteiger partial charge in [-0.3, -0.25) is 9.59 Å². The number of aromatic amines is 1. The van der Waals surface area contributed by atoms with Crippen molar-refractivity contribution in [1.82, 2.24) is 25.2 Å². The number of carbonyl (C=O) groups excluding carboxylic acids is 2. The second-order valence-electron chi connectivity index (χ2n) is 7.46. The topological polar surface area (TPSA) is 91.4 Å². The maximum absolute atomic E-state index is 13.3. The SMILES string of the molecule is Cc1n[nH]nc1C(=O)N1CC[C@]2(CCCN(C3CCOCC3)C2=O)C1. The zero-order chi connectivity index (χ0) is 17.4. The Kier molecular flexibility index (Phi) is 4.23. The molecule has 3 aliphatic rings. The molecule has 8 heteroatoms. The molecule has 8 nitrogen and oxygen atoms in total. The van der Waals surface area contributed by atoms with E-state index in [4.69, 9.17) is 4.74 Å². The smallest absolute Gasteiger partial charge is 0.276 e. The van der Waals surface area contributed by atoms with Crippen LogP contribution < -0.4 is 0 Å². The van der Waals surface area contributed by atoms with Crippen LogP contribution in [-0.2, 0) is 9.53 Å². The van der Waals surface area contributed by atoms with E-state index in [-0.39, 0.29) is 11.8 Å². The molecule has 4 heterocycles. The van der Waals surface area contributed by atoms with Crippen LogP contribution in [0.3, 0.4) is 0 Å². The van der Waals surface area contributed by atoms with Crippen molar-refractivity contribution in [1.29, 1.82) is 0 Å². The molecule has 0 aliphatic carbocycles. The first-order valence-corrected chi connectivity index (χ1v) is 9.16. The van der Waals surface area contributed by atoms with Crippen molar-refractivity contribution in [3.05, 3.63) is 11.4 Å². The van der Waals surface area contributed by atoms with E-state index in [1.807, 2.05) is 0 Å². The number of nitrogens with zero attached hydrogens (tertiary/aromatic N) is 4. The molecule has 3 fully saturated rings. The Morgan fingerprint density at radius 3 is 2.76 bits per heavy atom.